The van der Waals surface area contributed by atoms with Crippen LogP contribution >= 0.6 is 11.6 Å². The Hall–Kier alpha value is -2.53. The number of ether oxygens (including phenoxy) is 1. The maximum Gasteiger partial charge on any atom is 0.261 e. The predicted molar refractivity (Wildman–Crippen MR) is 121 cm³/mol. The van der Waals surface area contributed by atoms with E-state index >= 15 is 0 Å². The highest BCUT2D eigenvalue weighted by molar-refractivity contribution is 6.30. The highest BCUT2D eigenvalue weighted by atomic mass is 35.5. The van der Waals surface area contributed by atoms with Crippen LogP contribution in [0.4, 0.5) is 0 Å². The monoisotopic (exact) mass is 430 g/mol. The minimum atomic E-state index is -0.645. The molecule has 0 aromatic heterocycles. The topological polar surface area (TPSA) is 58.6 Å². The fraction of sp³-hybridized carbons (Fsp3) is 0.417. The largest absolute Gasteiger partial charge is 0.484 e. The van der Waals surface area contributed by atoms with Crippen LogP contribution in [0.2, 0.25) is 5.02 Å². The van der Waals surface area contributed by atoms with E-state index in [2.05, 4.69) is 5.32 Å². The van der Waals surface area contributed by atoms with Gasteiger partial charge in [0.1, 0.15) is 11.8 Å². The average Bonchev–Trinajstić information content (AvgIpc) is 2.72. The summed E-state index contributed by atoms with van der Waals surface area (Å²) in [6.45, 7) is 9.81. The molecule has 2 rings (SSSR count). The Morgan fingerprint density at radius 3 is 2.47 bits per heavy atom. The van der Waals surface area contributed by atoms with Crippen LogP contribution in [-0.2, 0) is 16.1 Å². The molecule has 0 aliphatic heterocycles. The zero-order valence-corrected chi connectivity index (χ0v) is 19.1. The molecular formula is C24H31ClN2O3. The van der Waals surface area contributed by atoms with Gasteiger partial charge in [-0.2, -0.15) is 0 Å². The highest BCUT2D eigenvalue weighted by Gasteiger charge is 2.27. The average molecular weight is 431 g/mol. The third-order valence-electron chi connectivity index (χ3n) is 5.25. The number of nitrogens with one attached hydrogen (secondary N) is 1. The molecule has 0 heterocycles. The van der Waals surface area contributed by atoms with Gasteiger partial charge in [-0.05, 0) is 75.1 Å². The second kappa shape index (κ2) is 11.0. The minimum absolute atomic E-state index is 0.0369. The zero-order valence-electron chi connectivity index (χ0n) is 18.4. The number of amides is 2. The van der Waals surface area contributed by atoms with E-state index in [9.17, 15) is 9.59 Å². The summed E-state index contributed by atoms with van der Waals surface area (Å²) in [6, 6.07) is 12.4. The van der Waals surface area contributed by atoms with Crippen molar-refractivity contribution in [1.29, 1.82) is 0 Å². The summed E-state index contributed by atoms with van der Waals surface area (Å²) in [5.41, 5.74) is 3.11. The van der Waals surface area contributed by atoms with Crippen molar-refractivity contribution < 1.29 is 14.3 Å². The first-order chi connectivity index (χ1) is 14.2. The first-order valence-corrected chi connectivity index (χ1v) is 10.6. The van der Waals surface area contributed by atoms with Gasteiger partial charge in [0.25, 0.3) is 5.91 Å². The maximum absolute atomic E-state index is 13.0. The Kier molecular flexibility index (Phi) is 8.72. The van der Waals surface area contributed by atoms with Crippen LogP contribution in [0.1, 0.15) is 43.9 Å². The van der Waals surface area contributed by atoms with Crippen LogP contribution < -0.4 is 10.1 Å². The molecule has 0 saturated heterocycles. The van der Waals surface area contributed by atoms with E-state index in [1.165, 1.54) is 4.90 Å². The van der Waals surface area contributed by atoms with Gasteiger partial charge in [-0.1, -0.05) is 36.7 Å². The summed E-state index contributed by atoms with van der Waals surface area (Å²) in [5, 5.41) is 3.54. The van der Waals surface area contributed by atoms with Crippen LogP contribution in [-0.4, -0.2) is 35.4 Å². The molecule has 0 bridgehead atoms. The second-order valence-corrected chi connectivity index (χ2v) is 8.12. The molecule has 0 spiro atoms. The van der Waals surface area contributed by atoms with Gasteiger partial charge in [-0.3, -0.25) is 9.59 Å². The van der Waals surface area contributed by atoms with Crippen molar-refractivity contribution in [2.24, 2.45) is 0 Å². The molecule has 162 valence electrons. The molecular weight excluding hydrogens is 400 g/mol. The van der Waals surface area contributed by atoms with Gasteiger partial charge in [-0.15, -0.1) is 0 Å². The van der Waals surface area contributed by atoms with Crippen LogP contribution in [0.3, 0.4) is 0 Å². The lowest BCUT2D eigenvalue weighted by molar-refractivity contribution is -0.142. The molecule has 0 unspecified atom stereocenters. The summed E-state index contributed by atoms with van der Waals surface area (Å²) >= 11 is 6.10. The smallest absolute Gasteiger partial charge is 0.261 e. The Balaban J connectivity index is 2.16. The summed E-state index contributed by atoms with van der Waals surface area (Å²) in [7, 11) is 0. The van der Waals surface area contributed by atoms with Gasteiger partial charge in [0.05, 0.1) is 0 Å². The maximum atomic E-state index is 13.0. The van der Waals surface area contributed by atoms with E-state index < -0.39 is 6.04 Å². The number of aryl methyl sites for hydroxylation is 2. The number of nitrogens with zero attached hydrogens (tertiary/aromatic N) is 1. The zero-order chi connectivity index (χ0) is 22.3. The third-order valence-corrected chi connectivity index (χ3v) is 5.49. The van der Waals surface area contributed by atoms with Crippen molar-refractivity contribution in [3.05, 3.63) is 64.2 Å². The summed E-state index contributed by atoms with van der Waals surface area (Å²) in [4.78, 5) is 27.3. The van der Waals surface area contributed by atoms with Gasteiger partial charge in [0.15, 0.2) is 6.61 Å². The third kappa shape index (κ3) is 6.77. The molecule has 0 radical (unpaired) electrons. The van der Waals surface area contributed by atoms with Gasteiger partial charge >= 0.3 is 0 Å². The SMILES string of the molecule is CC[C@@H](C)NC(=O)[C@H](C)N(Cc1cccc(Cl)c1)C(=O)COc1ccc(C)c(C)c1. The molecule has 6 heteroatoms. The van der Waals surface area contributed by atoms with Crippen LogP contribution in [0.5, 0.6) is 5.75 Å². The van der Waals surface area contributed by atoms with E-state index in [1.54, 1.807) is 19.1 Å². The number of halogens is 1. The Labute approximate surface area is 184 Å². The number of carbonyl (C=O) groups is 2. The lowest BCUT2D eigenvalue weighted by Gasteiger charge is -2.29. The van der Waals surface area contributed by atoms with E-state index in [0.29, 0.717) is 10.8 Å². The first-order valence-electron chi connectivity index (χ1n) is 10.3. The fourth-order valence-electron chi connectivity index (χ4n) is 2.91. The Bertz CT molecular complexity index is 885. The number of hydrogen-bond acceptors (Lipinski definition) is 3. The highest BCUT2D eigenvalue weighted by Crippen LogP contribution is 2.18. The molecule has 5 nitrogen and oxygen atoms in total. The molecule has 1 N–H and O–H groups in total. The molecule has 2 amide bonds. The van der Waals surface area contributed by atoms with E-state index in [0.717, 1.165) is 23.1 Å². The molecule has 2 aromatic carbocycles. The van der Waals surface area contributed by atoms with Crippen LogP contribution in [0.25, 0.3) is 0 Å². The first kappa shape index (κ1) is 23.7. The Morgan fingerprint density at radius 2 is 1.83 bits per heavy atom. The van der Waals surface area contributed by atoms with Gasteiger partial charge in [0.2, 0.25) is 5.91 Å². The lowest BCUT2D eigenvalue weighted by atomic mass is 10.1. The minimum Gasteiger partial charge on any atom is -0.484 e. The standard InChI is InChI=1S/C24H31ClN2O3/c1-6-18(4)26-24(29)19(5)27(14-20-8-7-9-21(25)13-20)23(28)15-30-22-11-10-16(2)17(3)12-22/h7-13,18-19H,6,14-15H2,1-5H3,(H,26,29)/t18-,19+/m1/s1. The fourth-order valence-corrected chi connectivity index (χ4v) is 3.12. The second-order valence-electron chi connectivity index (χ2n) is 7.68. The molecule has 30 heavy (non-hydrogen) atoms. The van der Waals surface area contributed by atoms with Crippen molar-refractivity contribution in [3.63, 3.8) is 0 Å². The lowest BCUT2D eigenvalue weighted by Crippen LogP contribution is -2.50. The van der Waals surface area contributed by atoms with Gasteiger partial charge in [0, 0.05) is 17.6 Å². The number of carbonyl (C=O) groups excluding carboxylic acids is 2. The quantitative estimate of drug-likeness (QED) is 0.629. The van der Waals surface area contributed by atoms with Crippen molar-refractivity contribution in [1.82, 2.24) is 10.2 Å². The van der Waals surface area contributed by atoms with Crippen molar-refractivity contribution in [2.45, 2.75) is 59.7 Å². The van der Waals surface area contributed by atoms with Crippen molar-refractivity contribution in [3.8, 4) is 5.75 Å². The summed E-state index contributed by atoms with van der Waals surface area (Å²) in [6.07, 6.45) is 0.816. The molecule has 2 atom stereocenters. The van der Waals surface area contributed by atoms with Crippen molar-refractivity contribution >= 4 is 23.4 Å². The van der Waals surface area contributed by atoms with E-state index in [1.807, 2.05) is 58.0 Å². The summed E-state index contributed by atoms with van der Waals surface area (Å²) < 4.78 is 5.73. The molecule has 0 aliphatic carbocycles. The normalized spacial score (nSPS) is 12.7. The summed E-state index contributed by atoms with van der Waals surface area (Å²) in [5.74, 6) is 0.178. The van der Waals surface area contributed by atoms with Gasteiger partial charge in [-0.25, -0.2) is 0 Å². The number of hydrogen-bond donors (Lipinski definition) is 1. The van der Waals surface area contributed by atoms with Crippen LogP contribution in [0, 0.1) is 13.8 Å². The van der Waals surface area contributed by atoms with Crippen LogP contribution in [0.15, 0.2) is 42.5 Å². The molecule has 0 saturated carbocycles. The molecule has 2 aromatic rings. The Morgan fingerprint density at radius 1 is 1.10 bits per heavy atom. The molecule has 0 fully saturated rings. The van der Waals surface area contributed by atoms with Gasteiger partial charge < -0.3 is 15.0 Å². The van der Waals surface area contributed by atoms with E-state index in [4.69, 9.17) is 16.3 Å². The number of rotatable bonds is 9. The van der Waals surface area contributed by atoms with E-state index in [-0.39, 0.29) is 31.0 Å². The van der Waals surface area contributed by atoms with Crippen molar-refractivity contribution in [2.75, 3.05) is 6.61 Å². The molecule has 0 aliphatic rings. The number of benzene rings is 2. The predicted octanol–water partition coefficient (Wildman–Crippen LogP) is 4.67.